The van der Waals surface area contributed by atoms with Crippen LogP contribution >= 0.6 is 0 Å². The molecule has 90 valence electrons. The largest absolute Gasteiger partial charge is 0.388 e. The summed E-state index contributed by atoms with van der Waals surface area (Å²) in [5.41, 5.74) is 6.63. The molecule has 0 saturated heterocycles. The molecule has 7 nitrogen and oxygen atoms in total. The Bertz CT molecular complexity index is 538. The van der Waals surface area contributed by atoms with Crippen molar-refractivity contribution in [3.63, 3.8) is 0 Å². The number of hydrogen-bond donors (Lipinski definition) is 3. The zero-order valence-corrected chi connectivity index (χ0v) is 9.06. The van der Waals surface area contributed by atoms with E-state index >= 15 is 0 Å². The van der Waals surface area contributed by atoms with E-state index in [9.17, 15) is 10.2 Å². The first-order valence-corrected chi connectivity index (χ1v) is 5.03. The van der Waals surface area contributed by atoms with Gasteiger partial charge in [0.25, 0.3) is 0 Å². The molecular formula is C10H13N5O2. The first-order valence-electron chi connectivity index (χ1n) is 5.03. The first-order chi connectivity index (χ1) is 8.13. The van der Waals surface area contributed by atoms with Gasteiger partial charge in [0.2, 0.25) is 0 Å². The van der Waals surface area contributed by atoms with Crippen LogP contribution in [0.25, 0.3) is 11.2 Å². The molecular weight excluding hydrogens is 222 g/mol. The van der Waals surface area contributed by atoms with E-state index in [0.717, 1.165) is 0 Å². The lowest BCUT2D eigenvalue weighted by molar-refractivity contribution is 0.0381. The highest BCUT2D eigenvalue weighted by Gasteiger charge is 2.16. The van der Waals surface area contributed by atoms with Crippen molar-refractivity contribution < 1.29 is 10.2 Å². The molecule has 2 heterocycles. The van der Waals surface area contributed by atoms with E-state index < -0.39 is 12.2 Å². The first kappa shape index (κ1) is 11.5. The molecule has 2 rings (SSSR count). The molecule has 0 aliphatic heterocycles. The molecule has 0 aromatic carbocycles. The Hall–Kier alpha value is -1.99. The van der Waals surface area contributed by atoms with Crippen LogP contribution in [0.3, 0.4) is 0 Å². The number of anilines is 1. The molecule has 0 aliphatic carbocycles. The number of hydrogen-bond acceptors (Lipinski definition) is 6. The standard InChI is InChI=1S/C10H13N5O2/c1-2-6(16)7(17)3-15-5-14-8-9(11)12-4-13-10(8)15/h2,4-7,16-17H,1,3H2,(H2,11,12,13)/t6-,7+/m1/s1. The van der Waals surface area contributed by atoms with E-state index in [2.05, 4.69) is 21.5 Å². The third-order valence-corrected chi connectivity index (χ3v) is 2.45. The van der Waals surface area contributed by atoms with Crippen molar-refractivity contribution in [3.05, 3.63) is 25.3 Å². The van der Waals surface area contributed by atoms with E-state index in [1.165, 1.54) is 18.7 Å². The Morgan fingerprint density at radius 1 is 1.41 bits per heavy atom. The molecule has 0 fully saturated rings. The highest BCUT2D eigenvalue weighted by molar-refractivity contribution is 5.81. The van der Waals surface area contributed by atoms with Gasteiger partial charge >= 0.3 is 0 Å². The average Bonchev–Trinajstić information content (AvgIpc) is 2.73. The Balaban J connectivity index is 2.31. The smallest absolute Gasteiger partial charge is 0.165 e. The van der Waals surface area contributed by atoms with Gasteiger partial charge in [-0.3, -0.25) is 0 Å². The molecule has 2 aromatic rings. The maximum atomic E-state index is 9.67. The van der Waals surface area contributed by atoms with Crippen molar-refractivity contribution >= 4 is 17.0 Å². The second-order valence-electron chi connectivity index (χ2n) is 3.62. The summed E-state index contributed by atoms with van der Waals surface area (Å²) in [7, 11) is 0. The molecule has 7 heteroatoms. The van der Waals surface area contributed by atoms with Crippen LogP contribution in [0.4, 0.5) is 5.82 Å². The van der Waals surface area contributed by atoms with Crippen molar-refractivity contribution in [2.75, 3.05) is 5.73 Å². The van der Waals surface area contributed by atoms with Gasteiger partial charge in [0, 0.05) is 0 Å². The Morgan fingerprint density at radius 3 is 2.88 bits per heavy atom. The van der Waals surface area contributed by atoms with E-state index in [1.807, 2.05) is 0 Å². The van der Waals surface area contributed by atoms with E-state index in [0.29, 0.717) is 11.2 Å². The summed E-state index contributed by atoms with van der Waals surface area (Å²) in [4.78, 5) is 11.9. The summed E-state index contributed by atoms with van der Waals surface area (Å²) in [6, 6.07) is 0. The predicted molar refractivity (Wildman–Crippen MR) is 61.9 cm³/mol. The minimum absolute atomic E-state index is 0.153. The highest BCUT2D eigenvalue weighted by atomic mass is 16.3. The van der Waals surface area contributed by atoms with Crippen molar-refractivity contribution in [1.29, 1.82) is 0 Å². The van der Waals surface area contributed by atoms with Gasteiger partial charge in [-0.1, -0.05) is 6.08 Å². The SMILES string of the molecule is C=C[C@@H](O)[C@@H](O)Cn1cnc2c(N)ncnc21. The number of aromatic nitrogens is 4. The van der Waals surface area contributed by atoms with Crippen LogP contribution in [-0.4, -0.2) is 41.9 Å². The fourth-order valence-electron chi connectivity index (χ4n) is 1.50. The van der Waals surface area contributed by atoms with Crippen LogP contribution in [0.1, 0.15) is 0 Å². The monoisotopic (exact) mass is 235 g/mol. The number of nitrogen functional groups attached to an aromatic ring is 1. The zero-order chi connectivity index (χ0) is 12.4. The quantitative estimate of drug-likeness (QED) is 0.605. The third-order valence-electron chi connectivity index (χ3n) is 2.45. The van der Waals surface area contributed by atoms with E-state index in [4.69, 9.17) is 5.73 Å². The van der Waals surface area contributed by atoms with Gasteiger partial charge in [-0.2, -0.15) is 0 Å². The average molecular weight is 235 g/mol. The van der Waals surface area contributed by atoms with Crippen molar-refractivity contribution in [2.45, 2.75) is 18.8 Å². The van der Waals surface area contributed by atoms with Crippen LogP contribution < -0.4 is 5.73 Å². The van der Waals surface area contributed by atoms with Gasteiger partial charge in [-0.15, -0.1) is 6.58 Å². The summed E-state index contributed by atoms with van der Waals surface area (Å²) in [6.07, 6.45) is 2.13. The summed E-state index contributed by atoms with van der Waals surface area (Å²) in [5, 5.41) is 19.1. The molecule has 0 aliphatic rings. The predicted octanol–water partition coefficient (Wildman–Crippen LogP) is -0.684. The molecule has 0 bridgehead atoms. The van der Waals surface area contributed by atoms with Crippen molar-refractivity contribution in [3.8, 4) is 0 Å². The van der Waals surface area contributed by atoms with Crippen molar-refractivity contribution in [1.82, 2.24) is 19.5 Å². The Morgan fingerprint density at radius 2 is 2.18 bits per heavy atom. The minimum Gasteiger partial charge on any atom is -0.388 e. The highest BCUT2D eigenvalue weighted by Crippen LogP contribution is 2.14. The normalized spacial score (nSPS) is 14.7. The molecule has 0 radical (unpaired) electrons. The van der Waals surface area contributed by atoms with Gasteiger partial charge in [-0.25, -0.2) is 15.0 Å². The van der Waals surface area contributed by atoms with Gasteiger partial charge in [0.05, 0.1) is 19.0 Å². The maximum Gasteiger partial charge on any atom is 0.165 e. The summed E-state index contributed by atoms with van der Waals surface area (Å²) in [5.74, 6) is 0.285. The molecule has 0 amide bonds. The van der Waals surface area contributed by atoms with Gasteiger partial charge in [0.15, 0.2) is 11.5 Å². The molecule has 17 heavy (non-hydrogen) atoms. The fourth-order valence-corrected chi connectivity index (χ4v) is 1.50. The lowest BCUT2D eigenvalue weighted by Gasteiger charge is -2.14. The zero-order valence-electron chi connectivity index (χ0n) is 9.06. The molecule has 2 aromatic heterocycles. The number of imidazole rings is 1. The topological polar surface area (TPSA) is 110 Å². The van der Waals surface area contributed by atoms with Crippen LogP contribution in [0.5, 0.6) is 0 Å². The maximum absolute atomic E-state index is 9.67. The Kier molecular flexibility index (Phi) is 3.03. The third kappa shape index (κ3) is 2.10. The second-order valence-corrected chi connectivity index (χ2v) is 3.62. The number of aliphatic hydroxyl groups is 2. The molecule has 0 saturated carbocycles. The Labute approximate surface area is 97.3 Å². The van der Waals surface area contributed by atoms with Crippen LogP contribution in [0.15, 0.2) is 25.3 Å². The molecule has 2 atom stereocenters. The number of rotatable bonds is 4. The van der Waals surface area contributed by atoms with Crippen LogP contribution in [0.2, 0.25) is 0 Å². The van der Waals surface area contributed by atoms with E-state index in [1.54, 1.807) is 4.57 Å². The number of aliphatic hydroxyl groups excluding tert-OH is 2. The lowest BCUT2D eigenvalue weighted by atomic mass is 10.2. The van der Waals surface area contributed by atoms with Gasteiger partial charge in [-0.05, 0) is 0 Å². The summed E-state index contributed by atoms with van der Waals surface area (Å²) < 4.78 is 1.60. The lowest BCUT2D eigenvalue weighted by Crippen LogP contribution is -2.28. The van der Waals surface area contributed by atoms with Crippen molar-refractivity contribution in [2.24, 2.45) is 0 Å². The summed E-state index contributed by atoms with van der Waals surface area (Å²) in [6.45, 7) is 3.56. The van der Waals surface area contributed by atoms with Crippen LogP contribution in [0, 0.1) is 0 Å². The fraction of sp³-hybridized carbons (Fsp3) is 0.300. The molecule has 4 N–H and O–H groups in total. The number of fused-ring (bicyclic) bond motifs is 1. The van der Waals surface area contributed by atoms with E-state index in [-0.39, 0.29) is 12.4 Å². The number of nitrogens with two attached hydrogens (primary N) is 1. The number of nitrogens with zero attached hydrogens (tertiary/aromatic N) is 4. The van der Waals surface area contributed by atoms with Gasteiger partial charge in [0.1, 0.15) is 17.9 Å². The van der Waals surface area contributed by atoms with Gasteiger partial charge < -0.3 is 20.5 Å². The minimum atomic E-state index is -0.994. The van der Waals surface area contributed by atoms with Crippen LogP contribution in [-0.2, 0) is 6.54 Å². The summed E-state index contributed by atoms with van der Waals surface area (Å²) >= 11 is 0. The second kappa shape index (κ2) is 4.48. The molecule has 0 unspecified atom stereocenters. The molecule has 0 spiro atoms.